The summed E-state index contributed by atoms with van der Waals surface area (Å²) in [6, 6.07) is -0.632. The number of amides is 2. The maximum atomic E-state index is 11.7. The van der Waals surface area contributed by atoms with E-state index in [1.807, 2.05) is 0 Å². The predicted molar refractivity (Wildman–Crippen MR) is 60.8 cm³/mol. The maximum Gasteiger partial charge on any atom is 0.329 e. The van der Waals surface area contributed by atoms with Gasteiger partial charge >= 0.3 is 12.0 Å². The van der Waals surface area contributed by atoms with E-state index in [4.69, 9.17) is 0 Å². The molecule has 2 amide bonds. The molecule has 0 spiro atoms. The Labute approximate surface area is 103 Å². The number of carbonyl (C=O) groups is 2. The SMILES string of the molecule is O=C(Nc1nccnn1)NC1(C(=O)O)CCCC1. The number of rotatable bonds is 3. The highest BCUT2D eigenvalue weighted by Crippen LogP contribution is 2.29. The lowest BCUT2D eigenvalue weighted by atomic mass is 9.98. The van der Waals surface area contributed by atoms with Gasteiger partial charge in [-0.15, -0.1) is 5.10 Å². The van der Waals surface area contributed by atoms with Crippen molar-refractivity contribution in [2.45, 2.75) is 31.2 Å². The summed E-state index contributed by atoms with van der Waals surface area (Å²) in [5, 5.41) is 21.2. The molecule has 1 aromatic heterocycles. The highest BCUT2D eigenvalue weighted by molar-refractivity contribution is 5.92. The Bertz CT molecular complexity index is 444. The molecular weight excluding hydrogens is 238 g/mol. The molecule has 0 atom stereocenters. The van der Waals surface area contributed by atoms with Gasteiger partial charge in [-0.2, -0.15) is 5.10 Å². The average Bonchev–Trinajstić information content (AvgIpc) is 2.80. The van der Waals surface area contributed by atoms with Crippen molar-refractivity contribution in [1.82, 2.24) is 20.5 Å². The zero-order valence-electron chi connectivity index (χ0n) is 9.59. The van der Waals surface area contributed by atoms with Gasteiger partial charge in [0.2, 0.25) is 0 Å². The summed E-state index contributed by atoms with van der Waals surface area (Å²) in [6.45, 7) is 0. The first-order chi connectivity index (χ1) is 8.62. The largest absolute Gasteiger partial charge is 0.480 e. The zero-order chi connectivity index (χ0) is 13.0. The van der Waals surface area contributed by atoms with Gasteiger partial charge in [0.15, 0.2) is 0 Å². The number of hydrogen-bond acceptors (Lipinski definition) is 5. The number of nitrogens with zero attached hydrogens (tertiary/aromatic N) is 3. The van der Waals surface area contributed by atoms with Gasteiger partial charge in [0, 0.05) is 0 Å². The van der Waals surface area contributed by atoms with Crippen LogP contribution in [0.1, 0.15) is 25.7 Å². The lowest BCUT2D eigenvalue weighted by molar-refractivity contribution is -0.144. The number of aromatic nitrogens is 3. The highest BCUT2D eigenvalue weighted by Gasteiger charge is 2.42. The molecule has 0 aliphatic heterocycles. The Hall–Kier alpha value is -2.25. The molecule has 18 heavy (non-hydrogen) atoms. The second kappa shape index (κ2) is 4.94. The molecule has 0 saturated heterocycles. The third-order valence-corrected chi connectivity index (χ3v) is 2.93. The summed E-state index contributed by atoms with van der Waals surface area (Å²) >= 11 is 0. The van der Waals surface area contributed by atoms with Gasteiger partial charge in [0.05, 0.1) is 12.4 Å². The van der Waals surface area contributed by atoms with Crippen molar-refractivity contribution in [2.75, 3.05) is 5.32 Å². The van der Waals surface area contributed by atoms with Crippen LogP contribution in [-0.2, 0) is 4.79 Å². The van der Waals surface area contributed by atoms with Crippen molar-refractivity contribution in [3.63, 3.8) is 0 Å². The van der Waals surface area contributed by atoms with Gasteiger partial charge < -0.3 is 10.4 Å². The van der Waals surface area contributed by atoms with Gasteiger partial charge in [-0.25, -0.2) is 14.6 Å². The number of urea groups is 1. The zero-order valence-corrected chi connectivity index (χ0v) is 9.59. The fourth-order valence-corrected chi connectivity index (χ4v) is 2.03. The molecule has 8 heteroatoms. The van der Waals surface area contributed by atoms with E-state index in [-0.39, 0.29) is 5.95 Å². The third kappa shape index (κ3) is 2.53. The van der Waals surface area contributed by atoms with Crippen LogP contribution in [0.15, 0.2) is 12.4 Å². The fourth-order valence-electron chi connectivity index (χ4n) is 2.03. The first kappa shape index (κ1) is 12.2. The topological polar surface area (TPSA) is 117 Å². The lowest BCUT2D eigenvalue weighted by Gasteiger charge is -2.24. The van der Waals surface area contributed by atoms with E-state index in [1.165, 1.54) is 12.4 Å². The van der Waals surface area contributed by atoms with Crippen molar-refractivity contribution in [2.24, 2.45) is 0 Å². The number of carbonyl (C=O) groups excluding carboxylic acids is 1. The molecule has 0 radical (unpaired) electrons. The second-order valence-corrected chi connectivity index (χ2v) is 4.14. The van der Waals surface area contributed by atoms with E-state index in [0.29, 0.717) is 12.8 Å². The molecule has 2 rings (SSSR count). The normalized spacial score (nSPS) is 17.1. The Morgan fingerprint density at radius 1 is 1.28 bits per heavy atom. The average molecular weight is 251 g/mol. The van der Waals surface area contributed by atoms with Crippen molar-refractivity contribution in [1.29, 1.82) is 0 Å². The molecule has 1 fully saturated rings. The third-order valence-electron chi connectivity index (χ3n) is 2.93. The summed E-state index contributed by atoms with van der Waals surface area (Å²) in [5.74, 6) is -0.976. The number of aliphatic carboxylic acids is 1. The molecule has 1 aliphatic rings. The monoisotopic (exact) mass is 251 g/mol. The molecule has 0 bridgehead atoms. The molecule has 0 aromatic carbocycles. The maximum absolute atomic E-state index is 11.7. The molecule has 1 saturated carbocycles. The Morgan fingerprint density at radius 3 is 2.56 bits per heavy atom. The summed E-state index contributed by atoms with van der Waals surface area (Å²) in [6.07, 6.45) is 5.20. The van der Waals surface area contributed by atoms with Crippen molar-refractivity contribution >= 4 is 17.9 Å². The van der Waals surface area contributed by atoms with Crippen LogP contribution in [0, 0.1) is 0 Å². The molecule has 8 nitrogen and oxygen atoms in total. The highest BCUT2D eigenvalue weighted by atomic mass is 16.4. The predicted octanol–water partition coefficient (Wildman–Crippen LogP) is 0.390. The minimum atomic E-state index is -1.17. The first-order valence-corrected chi connectivity index (χ1v) is 5.59. The van der Waals surface area contributed by atoms with E-state index in [1.54, 1.807) is 0 Å². The van der Waals surface area contributed by atoms with Crippen LogP contribution in [0.3, 0.4) is 0 Å². The van der Waals surface area contributed by atoms with Crippen LogP contribution in [0.5, 0.6) is 0 Å². The van der Waals surface area contributed by atoms with Gasteiger partial charge in [0.25, 0.3) is 5.95 Å². The molecule has 1 aliphatic carbocycles. The number of hydrogen-bond donors (Lipinski definition) is 3. The summed E-state index contributed by atoms with van der Waals surface area (Å²) < 4.78 is 0. The molecule has 1 heterocycles. The summed E-state index contributed by atoms with van der Waals surface area (Å²) in [5.41, 5.74) is -1.17. The van der Waals surface area contributed by atoms with Crippen LogP contribution in [0.25, 0.3) is 0 Å². The molecule has 1 aromatic rings. The number of carboxylic acids is 1. The van der Waals surface area contributed by atoms with Gasteiger partial charge in [-0.05, 0) is 12.8 Å². The van der Waals surface area contributed by atoms with Crippen LogP contribution in [0.4, 0.5) is 10.7 Å². The molecule has 96 valence electrons. The smallest absolute Gasteiger partial charge is 0.329 e. The number of carboxylic acid groups (broad SMARTS) is 1. The Balaban J connectivity index is 2.00. The first-order valence-electron chi connectivity index (χ1n) is 5.59. The number of nitrogens with one attached hydrogen (secondary N) is 2. The minimum absolute atomic E-state index is 0.0357. The van der Waals surface area contributed by atoms with Gasteiger partial charge in [-0.3, -0.25) is 5.32 Å². The lowest BCUT2D eigenvalue weighted by Crippen LogP contribution is -2.53. The van der Waals surface area contributed by atoms with E-state index >= 15 is 0 Å². The van der Waals surface area contributed by atoms with Crippen molar-refractivity contribution in [3.8, 4) is 0 Å². The van der Waals surface area contributed by atoms with Crippen LogP contribution in [-0.4, -0.2) is 37.8 Å². The van der Waals surface area contributed by atoms with Crippen molar-refractivity contribution < 1.29 is 14.7 Å². The minimum Gasteiger partial charge on any atom is -0.480 e. The van der Waals surface area contributed by atoms with Crippen LogP contribution < -0.4 is 10.6 Å². The molecule has 0 unspecified atom stereocenters. The van der Waals surface area contributed by atoms with Gasteiger partial charge in [0.1, 0.15) is 5.54 Å². The quantitative estimate of drug-likeness (QED) is 0.715. The second-order valence-electron chi connectivity index (χ2n) is 4.14. The van der Waals surface area contributed by atoms with E-state index in [2.05, 4.69) is 25.8 Å². The van der Waals surface area contributed by atoms with Crippen LogP contribution in [0.2, 0.25) is 0 Å². The van der Waals surface area contributed by atoms with Crippen LogP contribution >= 0.6 is 0 Å². The van der Waals surface area contributed by atoms with Crippen molar-refractivity contribution in [3.05, 3.63) is 12.4 Å². The Morgan fingerprint density at radius 2 is 2.00 bits per heavy atom. The molecular formula is C10H13N5O3. The van der Waals surface area contributed by atoms with Gasteiger partial charge in [-0.1, -0.05) is 12.8 Å². The Kier molecular flexibility index (Phi) is 3.35. The molecule has 3 N–H and O–H groups in total. The fraction of sp³-hybridized carbons (Fsp3) is 0.500. The summed E-state index contributed by atoms with van der Waals surface area (Å²) in [7, 11) is 0. The summed E-state index contributed by atoms with van der Waals surface area (Å²) in [4.78, 5) is 26.7. The van der Waals surface area contributed by atoms with E-state index < -0.39 is 17.5 Å². The van der Waals surface area contributed by atoms with E-state index in [9.17, 15) is 14.7 Å². The van der Waals surface area contributed by atoms with E-state index in [0.717, 1.165) is 12.8 Å². The standard InChI is InChI=1S/C10H13N5O3/c16-7(17)10(3-1-2-4-10)14-9(18)13-8-11-5-6-12-15-8/h5-6H,1-4H2,(H,16,17)(H2,11,13,14,15,18). The number of anilines is 1.